The molecule has 148 valence electrons. The van der Waals surface area contributed by atoms with Gasteiger partial charge in [-0.2, -0.15) is 15.2 Å². The summed E-state index contributed by atoms with van der Waals surface area (Å²) in [6, 6.07) is 8.67. The van der Waals surface area contributed by atoms with Crippen molar-refractivity contribution in [2.24, 2.45) is 7.05 Å². The molecule has 0 bridgehead atoms. The maximum absolute atomic E-state index is 4.67. The van der Waals surface area contributed by atoms with Crippen LogP contribution in [0.1, 0.15) is 5.56 Å². The molecular weight excluding hydrogens is 366 g/mol. The molecule has 1 fully saturated rings. The van der Waals surface area contributed by atoms with E-state index in [-0.39, 0.29) is 0 Å². The van der Waals surface area contributed by atoms with Crippen LogP contribution >= 0.6 is 0 Å². The Kier molecular flexibility index (Phi) is 4.57. The number of fused-ring (bicyclic) bond motifs is 1. The fraction of sp³-hybridized carbons (Fsp3) is 0.300. The zero-order valence-electron chi connectivity index (χ0n) is 16.3. The molecule has 9 heteroatoms. The van der Waals surface area contributed by atoms with Gasteiger partial charge in [0, 0.05) is 51.3 Å². The van der Waals surface area contributed by atoms with Crippen LogP contribution in [0, 0.1) is 0 Å². The Balaban J connectivity index is 1.39. The molecule has 0 radical (unpaired) electrons. The third-order valence-electron chi connectivity index (χ3n) is 5.06. The number of nitrogens with zero attached hydrogens (tertiary/aromatic N) is 7. The van der Waals surface area contributed by atoms with E-state index in [0.29, 0.717) is 12.5 Å². The lowest BCUT2D eigenvalue weighted by Gasteiger charge is -2.29. The first kappa shape index (κ1) is 17.6. The van der Waals surface area contributed by atoms with Crippen LogP contribution in [0.3, 0.4) is 0 Å². The van der Waals surface area contributed by atoms with Crippen molar-refractivity contribution in [3.05, 3.63) is 54.6 Å². The van der Waals surface area contributed by atoms with Crippen molar-refractivity contribution in [2.45, 2.75) is 6.54 Å². The highest BCUT2D eigenvalue weighted by molar-refractivity contribution is 5.75. The number of benzene rings is 1. The third kappa shape index (κ3) is 3.77. The van der Waals surface area contributed by atoms with Crippen LogP contribution in [-0.2, 0) is 13.6 Å². The summed E-state index contributed by atoms with van der Waals surface area (Å²) in [4.78, 5) is 11.5. The summed E-state index contributed by atoms with van der Waals surface area (Å²) in [6.07, 6.45) is 7.23. The van der Waals surface area contributed by atoms with Crippen LogP contribution < -0.4 is 15.5 Å². The second-order valence-corrected chi connectivity index (χ2v) is 7.21. The van der Waals surface area contributed by atoms with Crippen molar-refractivity contribution in [1.29, 1.82) is 0 Å². The Morgan fingerprint density at radius 2 is 2.00 bits per heavy atom. The van der Waals surface area contributed by atoms with Gasteiger partial charge in [-0.15, -0.1) is 0 Å². The fourth-order valence-corrected chi connectivity index (χ4v) is 3.60. The molecule has 0 unspecified atom stereocenters. The molecule has 9 nitrogen and oxygen atoms in total. The Morgan fingerprint density at radius 3 is 2.83 bits per heavy atom. The molecule has 4 heterocycles. The minimum atomic E-state index is 0.529. The predicted molar refractivity (Wildman–Crippen MR) is 112 cm³/mol. The van der Waals surface area contributed by atoms with Crippen LogP contribution in [0.4, 0.5) is 17.3 Å². The van der Waals surface area contributed by atoms with E-state index in [2.05, 4.69) is 60.0 Å². The number of hydrogen-bond donors (Lipinski definition) is 2. The molecule has 0 atom stereocenters. The van der Waals surface area contributed by atoms with E-state index in [4.69, 9.17) is 0 Å². The lowest BCUT2D eigenvalue weighted by molar-refractivity contribution is 0.589. The fourth-order valence-electron chi connectivity index (χ4n) is 3.60. The van der Waals surface area contributed by atoms with Gasteiger partial charge in [-0.25, -0.2) is 9.67 Å². The summed E-state index contributed by atoms with van der Waals surface area (Å²) in [5.74, 6) is 0.529. The Labute approximate surface area is 168 Å². The summed E-state index contributed by atoms with van der Waals surface area (Å²) in [6.45, 7) is 4.78. The Bertz CT molecular complexity index is 1120. The molecule has 29 heavy (non-hydrogen) atoms. The van der Waals surface area contributed by atoms with Crippen LogP contribution in [0.2, 0.25) is 0 Å². The highest BCUT2D eigenvalue weighted by atomic mass is 15.3. The second kappa shape index (κ2) is 7.51. The highest BCUT2D eigenvalue weighted by Crippen LogP contribution is 2.20. The highest BCUT2D eigenvalue weighted by Gasteiger charge is 2.12. The topological polar surface area (TPSA) is 88.7 Å². The zero-order chi connectivity index (χ0) is 19.6. The number of piperazine rings is 1. The molecule has 1 aliphatic heterocycles. The van der Waals surface area contributed by atoms with Gasteiger partial charge < -0.3 is 15.5 Å². The second-order valence-electron chi connectivity index (χ2n) is 7.21. The van der Waals surface area contributed by atoms with E-state index >= 15 is 0 Å². The molecule has 1 aliphatic rings. The molecular formula is C20H23N9. The lowest BCUT2D eigenvalue weighted by atomic mass is 10.1. The van der Waals surface area contributed by atoms with Crippen molar-refractivity contribution in [2.75, 3.05) is 36.4 Å². The van der Waals surface area contributed by atoms with Gasteiger partial charge in [0.1, 0.15) is 0 Å². The molecule has 0 aliphatic carbocycles. The van der Waals surface area contributed by atoms with Gasteiger partial charge in [-0.05, 0) is 17.7 Å². The van der Waals surface area contributed by atoms with Gasteiger partial charge in [0.05, 0.1) is 30.0 Å². The van der Waals surface area contributed by atoms with E-state index in [1.165, 1.54) is 11.3 Å². The number of hydrogen-bond acceptors (Lipinski definition) is 7. The van der Waals surface area contributed by atoms with Crippen molar-refractivity contribution in [3.63, 3.8) is 0 Å². The first-order valence-corrected chi connectivity index (χ1v) is 9.73. The minimum Gasteiger partial charge on any atom is -0.369 e. The molecule has 1 aromatic carbocycles. The predicted octanol–water partition coefficient (Wildman–Crippen LogP) is 1.76. The molecule has 2 N–H and O–H groups in total. The molecule has 3 aromatic heterocycles. The third-order valence-corrected chi connectivity index (χ3v) is 5.06. The normalized spacial score (nSPS) is 14.4. The molecule has 1 saturated heterocycles. The molecule has 5 rings (SSSR count). The number of rotatable bonds is 5. The summed E-state index contributed by atoms with van der Waals surface area (Å²) in [7, 11) is 1.87. The number of aryl methyl sites for hydroxylation is 1. The van der Waals surface area contributed by atoms with E-state index in [9.17, 15) is 0 Å². The standard InChI is InChI=1S/C20H23N9/c1-27-14-17(12-23-27)25-20-22-10-16-11-24-29(19(16)26-20)13-15-3-2-4-18(9-15)28-7-5-21-6-8-28/h2-4,9-12,14,21H,5-8,13H2,1H3,(H,22,25,26). The van der Waals surface area contributed by atoms with Crippen LogP contribution in [-0.4, -0.2) is 55.7 Å². The monoisotopic (exact) mass is 389 g/mol. The maximum atomic E-state index is 4.67. The maximum Gasteiger partial charge on any atom is 0.229 e. The van der Waals surface area contributed by atoms with Gasteiger partial charge in [0.2, 0.25) is 5.95 Å². The first-order valence-electron chi connectivity index (χ1n) is 9.73. The van der Waals surface area contributed by atoms with Crippen molar-refractivity contribution >= 4 is 28.4 Å². The van der Waals surface area contributed by atoms with Gasteiger partial charge in [0.25, 0.3) is 0 Å². The SMILES string of the molecule is Cn1cc(Nc2ncc3cnn(Cc4cccc(N5CCNCC5)c4)c3n2)cn1. The van der Waals surface area contributed by atoms with Crippen molar-refractivity contribution in [3.8, 4) is 0 Å². The largest absolute Gasteiger partial charge is 0.369 e. The number of nitrogens with one attached hydrogen (secondary N) is 2. The number of aromatic nitrogens is 6. The zero-order valence-corrected chi connectivity index (χ0v) is 16.3. The average molecular weight is 389 g/mol. The average Bonchev–Trinajstić information content (AvgIpc) is 3.35. The quantitative estimate of drug-likeness (QED) is 0.538. The molecule has 0 saturated carbocycles. The summed E-state index contributed by atoms with van der Waals surface area (Å²) >= 11 is 0. The van der Waals surface area contributed by atoms with Gasteiger partial charge in [0.15, 0.2) is 5.65 Å². The van der Waals surface area contributed by atoms with Crippen molar-refractivity contribution < 1.29 is 0 Å². The lowest BCUT2D eigenvalue weighted by Crippen LogP contribution is -2.43. The summed E-state index contributed by atoms with van der Waals surface area (Å²) in [5, 5.41) is 16.2. The Hall–Kier alpha value is -3.46. The van der Waals surface area contributed by atoms with Crippen LogP contribution in [0.5, 0.6) is 0 Å². The van der Waals surface area contributed by atoms with E-state index in [1.54, 1.807) is 17.1 Å². The molecule has 4 aromatic rings. The molecule has 0 spiro atoms. The van der Waals surface area contributed by atoms with Crippen molar-refractivity contribution in [1.82, 2.24) is 34.8 Å². The Morgan fingerprint density at radius 1 is 1.10 bits per heavy atom. The first-order chi connectivity index (χ1) is 14.2. The van der Waals surface area contributed by atoms with Gasteiger partial charge in [-0.3, -0.25) is 4.68 Å². The minimum absolute atomic E-state index is 0.529. The summed E-state index contributed by atoms with van der Waals surface area (Å²) in [5.41, 5.74) is 4.11. The summed E-state index contributed by atoms with van der Waals surface area (Å²) < 4.78 is 3.65. The smallest absolute Gasteiger partial charge is 0.229 e. The number of anilines is 3. The van der Waals surface area contributed by atoms with Crippen LogP contribution in [0.25, 0.3) is 11.0 Å². The van der Waals surface area contributed by atoms with E-state index in [1.807, 2.05) is 24.1 Å². The molecule has 0 amide bonds. The van der Waals surface area contributed by atoms with Crippen LogP contribution in [0.15, 0.2) is 49.1 Å². The van der Waals surface area contributed by atoms with Gasteiger partial charge >= 0.3 is 0 Å². The van der Waals surface area contributed by atoms with Gasteiger partial charge in [-0.1, -0.05) is 12.1 Å². The van der Waals surface area contributed by atoms with E-state index in [0.717, 1.165) is 42.9 Å². The van der Waals surface area contributed by atoms with E-state index < -0.39 is 0 Å².